The van der Waals surface area contributed by atoms with E-state index in [0.717, 1.165) is 30.6 Å². The van der Waals surface area contributed by atoms with Gasteiger partial charge in [0.15, 0.2) is 0 Å². The van der Waals surface area contributed by atoms with Gasteiger partial charge in [-0.25, -0.2) is 0 Å². The van der Waals surface area contributed by atoms with E-state index < -0.39 is 6.10 Å². The van der Waals surface area contributed by atoms with Crippen LogP contribution in [0.3, 0.4) is 0 Å². The van der Waals surface area contributed by atoms with E-state index >= 15 is 0 Å². The summed E-state index contributed by atoms with van der Waals surface area (Å²) in [7, 11) is 0. The lowest BCUT2D eigenvalue weighted by molar-refractivity contribution is -0.131. The van der Waals surface area contributed by atoms with Crippen molar-refractivity contribution in [2.45, 2.75) is 64.2 Å². The molecule has 0 radical (unpaired) electrons. The summed E-state index contributed by atoms with van der Waals surface area (Å²) in [5.41, 5.74) is 1.04. The van der Waals surface area contributed by atoms with E-state index in [1.54, 1.807) is 13.0 Å². The molecule has 0 aromatic heterocycles. The minimum atomic E-state index is -0.452. The largest absolute Gasteiger partial charge is 0.490 e. The van der Waals surface area contributed by atoms with Gasteiger partial charge in [0.2, 0.25) is 5.91 Å². The summed E-state index contributed by atoms with van der Waals surface area (Å²) in [5, 5.41) is 2.91. The predicted molar refractivity (Wildman–Crippen MR) is 96.0 cm³/mol. The smallest absolute Gasteiger partial charge is 0.249 e. The van der Waals surface area contributed by atoms with Crippen molar-refractivity contribution in [3.8, 4) is 5.75 Å². The summed E-state index contributed by atoms with van der Waals surface area (Å²) in [6.07, 6.45) is 8.52. The highest BCUT2D eigenvalue weighted by Crippen LogP contribution is 2.23. The average Bonchev–Trinajstić information content (AvgIpc) is 2.61. The van der Waals surface area contributed by atoms with E-state index in [2.05, 4.69) is 11.9 Å². The zero-order chi connectivity index (χ0) is 17.2. The SMILES string of the molecule is C=CCCOC(C)C(=O)NCc1cccc(OC2CCCCC2)c1. The average molecular weight is 331 g/mol. The van der Waals surface area contributed by atoms with E-state index in [9.17, 15) is 4.79 Å². The molecule has 0 bridgehead atoms. The van der Waals surface area contributed by atoms with Crippen LogP contribution in [0.4, 0.5) is 0 Å². The number of nitrogens with one attached hydrogen (secondary N) is 1. The molecule has 2 rings (SSSR count). The van der Waals surface area contributed by atoms with Crippen LogP contribution in [-0.2, 0) is 16.1 Å². The number of carbonyl (C=O) groups excluding carboxylic acids is 1. The standard InChI is InChI=1S/C20H29NO3/c1-3-4-13-23-16(2)20(22)21-15-17-9-8-12-19(14-17)24-18-10-6-5-7-11-18/h3,8-9,12,14,16,18H,1,4-7,10-11,13,15H2,2H3,(H,21,22). The third-order valence-corrected chi connectivity index (χ3v) is 4.28. The van der Waals surface area contributed by atoms with E-state index in [1.807, 2.05) is 24.3 Å². The van der Waals surface area contributed by atoms with Gasteiger partial charge in [0.1, 0.15) is 11.9 Å². The molecule has 1 unspecified atom stereocenters. The summed E-state index contributed by atoms with van der Waals surface area (Å²) in [6.45, 7) is 6.40. The maximum absolute atomic E-state index is 12.0. The predicted octanol–water partition coefficient (Wildman–Crippen LogP) is 4.00. The van der Waals surface area contributed by atoms with Crippen LogP contribution in [-0.4, -0.2) is 24.7 Å². The minimum Gasteiger partial charge on any atom is -0.490 e. The maximum atomic E-state index is 12.0. The summed E-state index contributed by atoms with van der Waals surface area (Å²) < 4.78 is 11.5. The summed E-state index contributed by atoms with van der Waals surface area (Å²) in [4.78, 5) is 12.0. The van der Waals surface area contributed by atoms with Crippen LogP contribution < -0.4 is 10.1 Å². The van der Waals surface area contributed by atoms with Gasteiger partial charge in [0, 0.05) is 6.54 Å². The molecule has 1 N–H and O–H groups in total. The Labute approximate surface area is 145 Å². The van der Waals surface area contributed by atoms with Crippen LogP contribution in [0.15, 0.2) is 36.9 Å². The zero-order valence-corrected chi connectivity index (χ0v) is 14.6. The normalized spacial score (nSPS) is 16.4. The van der Waals surface area contributed by atoms with Crippen molar-refractivity contribution in [1.82, 2.24) is 5.32 Å². The maximum Gasteiger partial charge on any atom is 0.249 e. The third-order valence-electron chi connectivity index (χ3n) is 4.28. The molecule has 24 heavy (non-hydrogen) atoms. The fourth-order valence-corrected chi connectivity index (χ4v) is 2.84. The highest BCUT2D eigenvalue weighted by Gasteiger charge is 2.15. The zero-order valence-electron chi connectivity index (χ0n) is 14.6. The van der Waals surface area contributed by atoms with Crippen LogP contribution in [0.2, 0.25) is 0 Å². The number of benzene rings is 1. The van der Waals surface area contributed by atoms with Gasteiger partial charge in [-0.05, 0) is 56.7 Å². The number of rotatable bonds is 9. The molecule has 4 nitrogen and oxygen atoms in total. The van der Waals surface area contributed by atoms with E-state index in [1.165, 1.54) is 19.3 Å². The van der Waals surface area contributed by atoms with Gasteiger partial charge < -0.3 is 14.8 Å². The molecule has 1 aromatic carbocycles. The fraction of sp³-hybridized carbons (Fsp3) is 0.550. The van der Waals surface area contributed by atoms with Gasteiger partial charge in [0.05, 0.1) is 12.7 Å². The number of carbonyl (C=O) groups is 1. The van der Waals surface area contributed by atoms with Crippen molar-refractivity contribution < 1.29 is 14.3 Å². The van der Waals surface area contributed by atoms with Gasteiger partial charge in [0.25, 0.3) is 0 Å². The molecule has 0 saturated heterocycles. The van der Waals surface area contributed by atoms with Gasteiger partial charge in [-0.2, -0.15) is 0 Å². The Hall–Kier alpha value is -1.81. The Morgan fingerprint density at radius 3 is 2.92 bits per heavy atom. The molecule has 1 amide bonds. The molecular formula is C20H29NO3. The van der Waals surface area contributed by atoms with Gasteiger partial charge in [-0.3, -0.25) is 4.79 Å². The van der Waals surface area contributed by atoms with Crippen molar-refractivity contribution in [2.75, 3.05) is 6.61 Å². The molecule has 1 saturated carbocycles. The van der Waals surface area contributed by atoms with Gasteiger partial charge >= 0.3 is 0 Å². The second kappa shape index (κ2) is 10.1. The van der Waals surface area contributed by atoms with Gasteiger partial charge in [-0.15, -0.1) is 6.58 Å². The molecule has 132 valence electrons. The topological polar surface area (TPSA) is 47.6 Å². The lowest BCUT2D eigenvalue weighted by Gasteiger charge is -2.23. The first-order valence-electron chi connectivity index (χ1n) is 8.95. The summed E-state index contributed by atoms with van der Waals surface area (Å²) in [6, 6.07) is 7.97. The Morgan fingerprint density at radius 2 is 2.17 bits per heavy atom. The van der Waals surface area contributed by atoms with Crippen LogP contribution >= 0.6 is 0 Å². The molecular weight excluding hydrogens is 302 g/mol. The Morgan fingerprint density at radius 1 is 1.38 bits per heavy atom. The second-order valence-corrected chi connectivity index (χ2v) is 6.33. The molecule has 1 fully saturated rings. The van der Waals surface area contributed by atoms with Crippen molar-refractivity contribution in [3.05, 3.63) is 42.5 Å². The number of ether oxygens (including phenoxy) is 2. The highest BCUT2D eigenvalue weighted by molar-refractivity contribution is 5.80. The number of hydrogen-bond acceptors (Lipinski definition) is 3. The second-order valence-electron chi connectivity index (χ2n) is 6.33. The van der Waals surface area contributed by atoms with Crippen LogP contribution in [0.25, 0.3) is 0 Å². The molecule has 0 spiro atoms. The number of amides is 1. The highest BCUT2D eigenvalue weighted by atomic mass is 16.5. The Kier molecular flexibility index (Phi) is 7.83. The molecule has 4 heteroatoms. The van der Waals surface area contributed by atoms with E-state index in [-0.39, 0.29) is 5.91 Å². The first-order valence-corrected chi connectivity index (χ1v) is 8.95. The lowest BCUT2D eigenvalue weighted by Crippen LogP contribution is -2.34. The fourth-order valence-electron chi connectivity index (χ4n) is 2.84. The van der Waals surface area contributed by atoms with Crippen molar-refractivity contribution in [3.63, 3.8) is 0 Å². The van der Waals surface area contributed by atoms with Crippen LogP contribution in [0.1, 0.15) is 51.0 Å². The third kappa shape index (κ3) is 6.36. The molecule has 1 atom stereocenters. The van der Waals surface area contributed by atoms with E-state index in [0.29, 0.717) is 19.3 Å². The van der Waals surface area contributed by atoms with Crippen molar-refractivity contribution >= 4 is 5.91 Å². The lowest BCUT2D eigenvalue weighted by atomic mass is 9.98. The minimum absolute atomic E-state index is 0.0994. The summed E-state index contributed by atoms with van der Waals surface area (Å²) >= 11 is 0. The number of hydrogen-bond donors (Lipinski definition) is 1. The molecule has 0 heterocycles. The van der Waals surface area contributed by atoms with Crippen LogP contribution in [0.5, 0.6) is 5.75 Å². The van der Waals surface area contributed by atoms with Crippen molar-refractivity contribution in [1.29, 1.82) is 0 Å². The molecule has 1 aromatic rings. The quantitative estimate of drug-likeness (QED) is 0.550. The molecule has 1 aliphatic carbocycles. The van der Waals surface area contributed by atoms with E-state index in [4.69, 9.17) is 9.47 Å². The molecule has 0 aliphatic heterocycles. The first kappa shape index (κ1) is 18.5. The monoisotopic (exact) mass is 331 g/mol. The first-order chi connectivity index (χ1) is 11.7. The van der Waals surface area contributed by atoms with Gasteiger partial charge in [-0.1, -0.05) is 24.6 Å². The van der Waals surface area contributed by atoms with Crippen molar-refractivity contribution in [2.24, 2.45) is 0 Å². The van der Waals surface area contributed by atoms with Crippen LogP contribution in [0, 0.1) is 0 Å². The Bertz CT molecular complexity index is 523. The molecule has 1 aliphatic rings. The Balaban J connectivity index is 1.78. The summed E-state index contributed by atoms with van der Waals surface area (Å²) in [5.74, 6) is 0.793.